The van der Waals surface area contributed by atoms with Gasteiger partial charge in [-0.2, -0.15) is 0 Å². The first-order chi connectivity index (χ1) is 23.8. The molecule has 50 heavy (non-hydrogen) atoms. The van der Waals surface area contributed by atoms with E-state index in [1.807, 2.05) is 26.1 Å². The van der Waals surface area contributed by atoms with E-state index in [0.717, 1.165) is 17.7 Å². The van der Waals surface area contributed by atoms with Gasteiger partial charge in [-0.25, -0.2) is 12.8 Å². The van der Waals surface area contributed by atoms with Crippen LogP contribution in [0.25, 0.3) is 0 Å². The highest BCUT2D eigenvalue weighted by Gasteiger charge is 2.31. The second-order valence-electron chi connectivity index (χ2n) is 12.7. The number of aliphatic hydroxyl groups excluding tert-OH is 1. The van der Waals surface area contributed by atoms with Crippen molar-refractivity contribution in [2.24, 2.45) is 5.92 Å². The number of rotatable bonds is 11. The number of anilines is 3. The third-order valence-electron chi connectivity index (χ3n) is 8.66. The molecule has 0 bridgehead atoms. The minimum atomic E-state index is -4.03. The maximum atomic E-state index is 13.6. The molecule has 0 spiro atoms. The fraction of sp³-hybridized carbons (Fsp3) is 0.297. The Kier molecular flexibility index (Phi) is 11.4. The van der Waals surface area contributed by atoms with E-state index in [-0.39, 0.29) is 47.4 Å². The molecule has 4 aromatic carbocycles. The fourth-order valence-corrected chi connectivity index (χ4v) is 6.84. The van der Waals surface area contributed by atoms with E-state index in [2.05, 4.69) is 14.9 Å². The molecule has 5 N–H and O–H groups in total. The number of nitrogen functional groups attached to an aromatic ring is 1. The SMILES string of the molecule is C[C@@H]1CN([C@@H](C)CO)C(=O)Cc2cc(NS(=O)(=O)c3ccc(F)cc3)ccc2O[C@H]1CN(C)Cc1ccc(C(=O)Nc2ccccc2N)cc1. The van der Waals surface area contributed by atoms with E-state index in [9.17, 15) is 27.5 Å². The van der Waals surface area contributed by atoms with Gasteiger partial charge in [0.25, 0.3) is 15.9 Å². The van der Waals surface area contributed by atoms with Crippen LogP contribution in [-0.2, 0) is 27.8 Å². The summed E-state index contributed by atoms with van der Waals surface area (Å²) in [4.78, 5) is 30.0. The monoisotopic (exact) mass is 703 g/mol. The average molecular weight is 704 g/mol. The molecule has 4 aromatic rings. The van der Waals surface area contributed by atoms with Crippen molar-refractivity contribution in [2.45, 2.75) is 43.9 Å². The van der Waals surface area contributed by atoms with Crippen LogP contribution >= 0.6 is 0 Å². The van der Waals surface area contributed by atoms with Gasteiger partial charge in [0.1, 0.15) is 17.7 Å². The number of para-hydroxylation sites is 2. The van der Waals surface area contributed by atoms with Crippen LogP contribution in [-0.4, -0.2) is 74.0 Å². The van der Waals surface area contributed by atoms with Crippen molar-refractivity contribution in [1.29, 1.82) is 0 Å². The summed E-state index contributed by atoms with van der Waals surface area (Å²) in [5, 5.41) is 12.8. The van der Waals surface area contributed by atoms with E-state index < -0.39 is 21.9 Å². The molecule has 1 heterocycles. The van der Waals surface area contributed by atoms with Crippen LogP contribution in [0.5, 0.6) is 5.75 Å². The Bertz CT molecular complexity index is 1920. The number of aliphatic hydroxyl groups is 1. The summed E-state index contributed by atoms with van der Waals surface area (Å²) in [7, 11) is -2.08. The number of likely N-dealkylation sites (N-methyl/N-ethyl adjacent to an activating group) is 1. The number of nitrogens with one attached hydrogen (secondary N) is 2. The van der Waals surface area contributed by atoms with Crippen LogP contribution in [0.2, 0.25) is 0 Å². The normalized spacial score (nSPS) is 17.2. The molecule has 0 aromatic heterocycles. The Morgan fingerprint density at radius 2 is 1.78 bits per heavy atom. The predicted octanol–water partition coefficient (Wildman–Crippen LogP) is 4.74. The standard InChI is InChI=1S/C37H42FN5O6S/c1-24-20-43(25(2)23-44)36(45)19-28-18-30(41-50(47,48)31-15-12-29(38)13-16-31)14-17-34(28)49-35(24)22-42(3)21-26-8-10-27(11-9-26)37(46)40-33-7-5-4-6-32(33)39/h4-18,24-25,35,41,44H,19-23,39H2,1-3H3,(H,40,46)/t24-,25+,35+/m1/s1. The third-order valence-corrected chi connectivity index (χ3v) is 10.1. The third kappa shape index (κ3) is 8.97. The molecule has 0 saturated carbocycles. The topological polar surface area (TPSA) is 154 Å². The van der Waals surface area contributed by atoms with E-state index in [0.29, 0.717) is 47.9 Å². The number of halogens is 1. The van der Waals surface area contributed by atoms with Crippen molar-refractivity contribution in [1.82, 2.24) is 9.80 Å². The van der Waals surface area contributed by atoms with Crippen molar-refractivity contribution in [3.05, 3.63) is 114 Å². The number of hydrogen-bond donors (Lipinski definition) is 4. The molecule has 1 aliphatic heterocycles. The largest absolute Gasteiger partial charge is 0.488 e. The average Bonchev–Trinajstić information content (AvgIpc) is 3.12. The first-order valence-electron chi connectivity index (χ1n) is 16.2. The number of sulfonamides is 1. The van der Waals surface area contributed by atoms with Gasteiger partial charge in [0.15, 0.2) is 0 Å². The van der Waals surface area contributed by atoms with E-state index in [1.165, 1.54) is 12.1 Å². The molecule has 0 radical (unpaired) electrons. The maximum Gasteiger partial charge on any atom is 0.261 e. The molecule has 264 valence electrons. The van der Waals surface area contributed by atoms with Gasteiger partial charge in [-0.3, -0.25) is 19.2 Å². The summed E-state index contributed by atoms with van der Waals surface area (Å²) in [6.07, 6.45) is -0.459. The molecule has 1 aliphatic rings. The highest BCUT2D eigenvalue weighted by Crippen LogP contribution is 2.30. The van der Waals surface area contributed by atoms with Crippen LogP contribution in [0.1, 0.15) is 35.3 Å². The van der Waals surface area contributed by atoms with Gasteiger partial charge in [0.05, 0.1) is 35.3 Å². The summed E-state index contributed by atoms with van der Waals surface area (Å²) in [6, 6.07) is 23.2. The molecule has 0 unspecified atom stereocenters. The molecular formula is C37H42FN5O6S. The second kappa shape index (κ2) is 15.7. The summed E-state index contributed by atoms with van der Waals surface area (Å²) >= 11 is 0. The Labute approximate surface area is 291 Å². The Hall–Kier alpha value is -4.98. The number of amides is 2. The lowest BCUT2D eigenvalue weighted by molar-refractivity contribution is -0.134. The maximum absolute atomic E-state index is 13.6. The zero-order valence-corrected chi connectivity index (χ0v) is 29.0. The zero-order valence-electron chi connectivity index (χ0n) is 28.2. The zero-order chi connectivity index (χ0) is 36.0. The van der Waals surface area contributed by atoms with Crippen molar-refractivity contribution in [2.75, 3.05) is 42.5 Å². The predicted molar refractivity (Wildman–Crippen MR) is 191 cm³/mol. The molecule has 0 saturated heterocycles. The van der Waals surface area contributed by atoms with E-state index >= 15 is 0 Å². The van der Waals surface area contributed by atoms with E-state index in [1.54, 1.807) is 66.4 Å². The quantitative estimate of drug-likeness (QED) is 0.164. The van der Waals surface area contributed by atoms with Crippen LogP contribution in [0, 0.1) is 11.7 Å². The van der Waals surface area contributed by atoms with Crippen molar-refractivity contribution >= 4 is 38.9 Å². The lowest BCUT2D eigenvalue weighted by Crippen LogP contribution is -2.47. The Morgan fingerprint density at radius 1 is 1.08 bits per heavy atom. The minimum absolute atomic E-state index is 0.0716. The summed E-state index contributed by atoms with van der Waals surface area (Å²) in [5.74, 6) is -0.747. The summed E-state index contributed by atoms with van der Waals surface area (Å²) < 4.78 is 48.5. The molecule has 2 amide bonds. The molecule has 0 aliphatic carbocycles. The van der Waals surface area contributed by atoms with Crippen molar-refractivity contribution in [3.8, 4) is 5.75 Å². The number of nitrogens with zero attached hydrogens (tertiary/aromatic N) is 2. The van der Waals surface area contributed by atoms with Crippen molar-refractivity contribution < 1.29 is 32.2 Å². The second-order valence-corrected chi connectivity index (χ2v) is 14.4. The van der Waals surface area contributed by atoms with Crippen LogP contribution in [0.3, 0.4) is 0 Å². The minimum Gasteiger partial charge on any atom is -0.488 e. The molecule has 13 heteroatoms. The Balaban J connectivity index is 1.33. The number of benzene rings is 4. The number of carbonyl (C=O) groups is 2. The van der Waals surface area contributed by atoms with Gasteiger partial charge in [-0.15, -0.1) is 0 Å². The Morgan fingerprint density at radius 3 is 2.46 bits per heavy atom. The smallest absolute Gasteiger partial charge is 0.261 e. The van der Waals surface area contributed by atoms with E-state index in [4.69, 9.17) is 10.5 Å². The van der Waals surface area contributed by atoms with Crippen LogP contribution in [0.4, 0.5) is 21.5 Å². The van der Waals surface area contributed by atoms with Crippen LogP contribution < -0.4 is 20.5 Å². The van der Waals surface area contributed by atoms with Gasteiger partial charge in [-0.1, -0.05) is 31.2 Å². The van der Waals surface area contributed by atoms with Gasteiger partial charge in [-0.05, 0) is 86.3 Å². The van der Waals surface area contributed by atoms with Gasteiger partial charge in [0, 0.05) is 42.4 Å². The molecule has 3 atom stereocenters. The molecular weight excluding hydrogens is 662 g/mol. The first kappa shape index (κ1) is 36.3. The number of hydrogen-bond acceptors (Lipinski definition) is 8. The van der Waals surface area contributed by atoms with Gasteiger partial charge < -0.3 is 25.8 Å². The molecule has 0 fully saturated rings. The molecule has 11 nitrogen and oxygen atoms in total. The van der Waals surface area contributed by atoms with Gasteiger partial charge in [0.2, 0.25) is 5.91 Å². The number of nitrogens with two attached hydrogens (primary N) is 1. The number of carbonyl (C=O) groups excluding carboxylic acids is 2. The molecule has 5 rings (SSSR count). The first-order valence-corrected chi connectivity index (χ1v) is 17.7. The highest BCUT2D eigenvalue weighted by atomic mass is 32.2. The number of ether oxygens (including phenoxy) is 1. The lowest BCUT2D eigenvalue weighted by atomic mass is 10.0. The fourth-order valence-electron chi connectivity index (χ4n) is 5.79. The number of fused-ring (bicyclic) bond motifs is 1. The van der Waals surface area contributed by atoms with Crippen LogP contribution in [0.15, 0.2) is 95.9 Å². The van der Waals surface area contributed by atoms with Gasteiger partial charge >= 0.3 is 0 Å². The summed E-state index contributed by atoms with van der Waals surface area (Å²) in [6.45, 7) is 4.91. The highest BCUT2D eigenvalue weighted by molar-refractivity contribution is 7.92. The summed E-state index contributed by atoms with van der Waals surface area (Å²) in [5.41, 5.74) is 9.15. The lowest BCUT2D eigenvalue weighted by Gasteiger charge is -2.34. The van der Waals surface area contributed by atoms with Crippen molar-refractivity contribution in [3.63, 3.8) is 0 Å².